The molecule has 3 nitrogen and oxygen atoms in total. The first-order valence-electron chi connectivity index (χ1n) is 8.22. The zero-order valence-corrected chi connectivity index (χ0v) is 13.2. The van der Waals surface area contributed by atoms with Gasteiger partial charge in [-0.15, -0.1) is 5.10 Å². The molecule has 3 rings (SSSR count). The summed E-state index contributed by atoms with van der Waals surface area (Å²) in [6, 6.07) is 14.9. The van der Waals surface area contributed by atoms with Crippen molar-refractivity contribution in [1.82, 2.24) is 15.0 Å². The van der Waals surface area contributed by atoms with Crippen LogP contribution in [0.5, 0.6) is 0 Å². The van der Waals surface area contributed by atoms with Gasteiger partial charge in [0, 0.05) is 6.20 Å². The van der Waals surface area contributed by atoms with Crippen molar-refractivity contribution in [1.29, 1.82) is 0 Å². The van der Waals surface area contributed by atoms with Crippen LogP contribution < -0.4 is 0 Å². The van der Waals surface area contributed by atoms with Gasteiger partial charge in [0.15, 0.2) is 0 Å². The number of fused-ring (bicyclic) bond motifs is 1. The molecule has 0 spiro atoms. The lowest BCUT2D eigenvalue weighted by atomic mass is 10.0. The average Bonchev–Trinajstić information content (AvgIpc) is 2.99. The van der Waals surface area contributed by atoms with Crippen LogP contribution in [-0.4, -0.2) is 15.0 Å². The molecule has 0 saturated heterocycles. The van der Waals surface area contributed by atoms with E-state index in [2.05, 4.69) is 65.9 Å². The number of hydrogen-bond donors (Lipinski definition) is 0. The van der Waals surface area contributed by atoms with Crippen LogP contribution in [-0.2, 0) is 13.0 Å². The summed E-state index contributed by atoms with van der Waals surface area (Å²) < 4.78 is 1.96. The Morgan fingerprint density at radius 3 is 2.73 bits per heavy atom. The Morgan fingerprint density at radius 2 is 1.82 bits per heavy atom. The third kappa shape index (κ3) is 3.53. The number of benzene rings is 2. The normalized spacial score (nSPS) is 11.1. The first-order chi connectivity index (χ1) is 10.9. The summed E-state index contributed by atoms with van der Waals surface area (Å²) in [5.41, 5.74) is 2.40. The van der Waals surface area contributed by atoms with E-state index in [0.29, 0.717) is 0 Å². The van der Waals surface area contributed by atoms with Gasteiger partial charge in [-0.3, -0.25) is 0 Å². The number of hydrogen-bond acceptors (Lipinski definition) is 2. The standard InChI is InChI=1S/C19H23N3/c1-2-3-4-5-12-18-15-22(21-20-18)14-17-11-8-10-16-9-6-7-13-19(16)17/h6-11,13,15H,2-5,12,14H2,1H3. The lowest BCUT2D eigenvalue weighted by molar-refractivity contribution is 0.648. The molecule has 114 valence electrons. The SMILES string of the molecule is CCCCCCc1cn(Cc2cccc3ccccc23)nn1. The maximum absolute atomic E-state index is 4.30. The molecule has 1 heterocycles. The van der Waals surface area contributed by atoms with Crippen molar-refractivity contribution in [2.45, 2.75) is 45.6 Å². The summed E-state index contributed by atoms with van der Waals surface area (Å²) >= 11 is 0. The Bertz CT molecular complexity index is 725. The molecule has 0 atom stereocenters. The first-order valence-corrected chi connectivity index (χ1v) is 8.22. The van der Waals surface area contributed by atoms with Crippen molar-refractivity contribution in [2.75, 3.05) is 0 Å². The Kier molecular flexibility index (Phi) is 4.84. The Balaban J connectivity index is 1.69. The largest absolute Gasteiger partial charge is 0.248 e. The van der Waals surface area contributed by atoms with Gasteiger partial charge in [-0.05, 0) is 29.2 Å². The van der Waals surface area contributed by atoms with E-state index in [0.717, 1.165) is 18.7 Å². The molecule has 0 radical (unpaired) electrons. The van der Waals surface area contributed by atoms with Gasteiger partial charge in [0.05, 0.1) is 12.2 Å². The summed E-state index contributed by atoms with van der Waals surface area (Å²) in [6.45, 7) is 3.02. The minimum Gasteiger partial charge on any atom is -0.248 e. The van der Waals surface area contributed by atoms with Crippen LogP contribution in [0, 0.1) is 0 Å². The van der Waals surface area contributed by atoms with E-state index in [9.17, 15) is 0 Å². The molecule has 3 aromatic rings. The van der Waals surface area contributed by atoms with Crippen LogP contribution in [0.4, 0.5) is 0 Å². The molecule has 0 bridgehead atoms. The van der Waals surface area contributed by atoms with E-state index in [4.69, 9.17) is 0 Å². The molecule has 0 amide bonds. The molecule has 0 aliphatic carbocycles. The number of aromatic nitrogens is 3. The van der Waals surface area contributed by atoms with Crippen molar-refractivity contribution in [3.63, 3.8) is 0 Å². The molecule has 3 heteroatoms. The zero-order chi connectivity index (χ0) is 15.2. The summed E-state index contributed by atoms with van der Waals surface area (Å²) in [5, 5.41) is 11.2. The second-order valence-electron chi connectivity index (χ2n) is 5.86. The summed E-state index contributed by atoms with van der Waals surface area (Å²) in [4.78, 5) is 0. The van der Waals surface area contributed by atoms with Crippen LogP contribution in [0.3, 0.4) is 0 Å². The fourth-order valence-corrected chi connectivity index (χ4v) is 2.87. The zero-order valence-electron chi connectivity index (χ0n) is 13.2. The second-order valence-corrected chi connectivity index (χ2v) is 5.86. The van der Waals surface area contributed by atoms with Crippen LogP contribution in [0.2, 0.25) is 0 Å². The van der Waals surface area contributed by atoms with Gasteiger partial charge in [-0.2, -0.15) is 0 Å². The van der Waals surface area contributed by atoms with Crippen LogP contribution in [0.1, 0.15) is 43.9 Å². The fraction of sp³-hybridized carbons (Fsp3) is 0.368. The van der Waals surface area contributed by atoms with Crippen molar-refractivity contribution in [3.8, 4) is 0 Å². The van der Waals surface area contributed by atoms with E-state index < -0.39 is 0 Å². The smallest absolute Gasteiger partial charge is 0.0827 e. The predicted octanol–water partition coefficient (Wildman–Crippen LogP) is 4.60. The van der Waals surface area contributed by atoms with Gasteiger partial charge in [-0.25, -0.2) is 4.68 Å². The lowest BCUT2D eigenvalue weighted by Crippen LogP contribution is -2.01. The highest BCUT2D eigenvalue weighted by atomic mass is 15.4. The van der Waals surface area contributed by atoms with Gasteiger partial charge in [0.2, 0.25) is 0 Å². The Hall–Kier alpha value is -2.16. The molecule has 0 aliphatic heterocycles. The third-order valence-electron chi connectivity index (χ3n) is 4.08. The van der Waals surface area contributed by atoms with E-state index in [-0.39, 0.29) is 0 Å². The maximum Gasteiger partial charge on any atom is 0.0827 e. The highest BCUT2D eigenvalue weighted by molar-refractivity contribution is 5.85. The number of rotatable bonds is 7. The average molecular weight is 293 g/mol. The number of aryl methyl sites for hydroxylation is 1. The summed E-state index contributed by atoms with van der Waals surface area (Å²) in [7, 11) is 0. The maximum atomic E-state index is 4.30. The van der Waals surface area contributed by atoms with Gasteiger partial charge in [-0.1, -0.05) is 73.9 Å². The van der Waals surface area contributed by atoms with E-state index in [1.807, 2.05) is 4.68 Å². The molecule has 0 fully saturated rings. The molecule has 22 heavy (non-hydrogen) atoms. The van der Waals surface area contributed by atoms with Crippen molar-refractivity contribution >= 4 is 10.8 Å². The Labute approximate surface area is 132 Å². The monoisotopic (exact) mass is 293 g/mol. The molecule has 0 N–H and O–H groups in total. The van der Waals surface area contributed by atoms with E-state index in [1.165, 1.54) is 42.0 Å². The summed E-state index contributed by atoms with van der Waals surface area (Å²) in [5.74, 6) is 0. The Morgan fingerprint density at radius 1 is 0.955 bits per heavy atom. The van der Waals surface area contributed by atoms with Crippen LogP contribution >= 0.6 is 0 Å². The quantitative estimate of drug-likeness (QED) is 0.596. The second kappa shape index (κ2) is 7.21. The summed E-state index contributed by atoms with van der Waals surface area (Å²) in [6.07, 6.45) is 8.20. The lowest BCUT2D eigenvalue weighted by Gasteiger charge is -2.06. The van der Waals surface area contributed by atoms with Gasteiger partial charge in [0.25, 0.3) is 0 Å². The fourth-order valence-electron chi connectivity index (χ4n) is 2.87. The van der Waals surface area contributed by atoms with E-state index >= 15 is 0 Å². The number of nitrogens with zero attached hydrogens (tertiary/aromatic N) is 3. The molecule has 1 aromatic heterocycles. The number of unbranched alkanes of at least 4 members (excludes halogenated alkanes) is 3. The van der Waals surface area contributed by atoms with Gasteiger partial charge < -0.3 is 0 Å². The molecule has 2 aromatic carbocycles. The van der Waals surface area contributed by atoms with Crippen LogP contribution in [0.15, 0.2) is 48.7 Å². The van der Waals surface area contributed by atoms with Crippen molar-refractivity contribution < 1.29 is 0 Å². The molecule has 0 saturated carbocycles. The van der Waals surface area contributed by atoms with Gasteiger partial charge >= 0.3 is 0 Å². The molecular weight excluding hydrogens is 270 g/mol. The highest BCUT2D eigenvalue weighted by Crippen LogP contribution is 2.19. The van der Waals surface area contributed by atoms with Crippen LogP contribution in [0.25, 0.3) is 10.8 Å². The minimum atomic E-state index is 0.781. The predicted molar refractivity (Wildman–Crippen MR) is 90.9 cm³/mol. The van der Waals surface area contributed by atoms with Crippen molar-refractivity contribution in [2.24, 2.45) is 0 Å². The first kappa shape index (κ1) is 14.8. The third-order valence-corrected chi connectivity index (χ3v) is 4.08. The molecular formula is C19H23N3. The minimum absolute atomic E-state index is 0.781. The molecule has 0 aliphatic rings. The van der Waals surface area contributed by atoms with Crippen molar-refractivity contribution in [3.05, 3.63) is 59.9 Å². The van der Waals surface area contributed by atoms with Gasteiger partial charge in [0.1, 0.15) is 0 Å². The van der Waals surface area contributed by atoms with E-state index in [1.54, 1.807) is 0 Å². The highest BCUT2D eigenvalue weighted by Gasteiger charge is 2.04. The molecule has 0 unspecified atom stereocenters. The topological polar surface area (TPSA) is 30.7 Å².